The number of hydrogen-bond acceptors (Lipinski definition) is 4. The highest BCUT2D eigenvalue weighted by Gasteiger charge is 2.06. The van der Waals surface area contributed by atoms with Crippen molar-refractivity contribution in [3.8, 4) is 0 Å². The summed E-state index contributed by atoms with van der Waals surface area (Å²) >= 11 is 7.37. The molecule has 0 saturated carbocycles. The zero-order valence-corrected chi connectivity index (χ0v) is 10.3. The standard InChI is InChI=1S/C10H16ClNO2S/c1-2-12-8(5-13)6-15-7-9-3-4-10(11)14-9/h3-4,8,12-13H,2,5-7H2,1H3. The van der Waals surface area contributed by atoms with Crippen LogP contribution in [0.3, 0.4) is 0 Å². The summed E-state index contributed by atoms with van der Waals surface area (Å²) in [6, 6.07) is 3.77. The molecule has 1 aromatic rings. The van der Waals surface area contributed by atoms with Gasteiger partial charge in [-0.05, 0) is 30.3 Å². The van der Waals surface area contributed by atoms with E-state index in [2.05, 4.69) is 5.32 Å². The van der Waals surface area contributed by atoms with Gasteiger partial charge < -0.3 is 14.8 Å². The Labute approximate surface area is 99.2 Å². The number of furan rings is 1. The fourth-order valence-electron chi connectivity index (χ4n) is 1.20. The molecule has 0 amide bonds. The molecule has 1 aromatic heterocycles. The van der Waals surface area contributed by atoms with Crippen molar-refractivity contribution in [3.63, 3.8) is 0 Å². The van der Waals surface area contributed by atoms with E-state index in [1.54, 1.807) is 17.8 Å². The molecule has 0 aliphatic heterocycles. The zero-order chi connectivity index (χ0) is 11.1. The van der Waals surface area contributed by atoms with E-state index >= 15 is 0 Å². The molecular weight excluding hydrogens is 234 g/mol. The van der Waals surface area contributed by atoms with Crippen molar-refractivity contribution in [2.45, 2.75) is 18.7 Å². The van der Waals surface area contributed by atoms with Gasteiger partial charge in [0.2, 0.25) is 0 Å². The molecule has 3 nitrogen and oxygen atoms in total. The monoisotopic (exact) mass is 249 g/mol. The summed E-state index contributed by atoms with van der Waals surface area (Å²) in [5.74, 6) is 2.52. The molecule has 0 fully saturated rings. The first-order valence-corrected chi connectivity index (χ1v) is 6.45. The molecule has 0 aliphatic carbocycles. The van der Waals surface area contributed by atoms with Gasteiger partial charge in [0.15, 0.2) is 5.22 Å². The Bertz CT molecular complexity index is 280. The molecule has 0 bridgehead atoms. The second-order valence-corrected chi connectivity index (χ2v) is 4.56. The average Bonchev–Trinajstić information content (AvgIpc) is 2.63. The number of rotatable bonds is 7. The molecule has 0 spiro atoms. The molecule has 0 saturated heterocycles. The molecule has 0 aliphatic rings. The third-order valence-corrected chi connectivity index (χ3v) is 3.24. The first-order valence-electron chi connectivity index (χ1n) is 4.92. The van der Waals surface area contributed by atoms with Crippen LogP contribution in [0.1, 0.15) is 12.7 Å². The van der Waals surface area contributed by atoms with Crippen molar-refractivity contribution in [3.05, 3.63) is 23.1 Å². The van der Waals surface area contributed by atoms with Gasteiger partial charge in [-0.15, -0.1) is 0 Å². The number of halogens is 1. The fraction of sp³-hybridized carbons (Fsp3) is 0.600. The first-order chi connectivity index (χ1) is 7.26. The van der Waals surface area contributed by atoms with Crippen LogP contribution in [0.4, 0.5) is 0 Å². The summed E-state index contributed by atoms with van der Waals surface area (Å²) in [6.07, 6.45) is 0. The van der Waals surface area contributed by atoms with Crippen LogP contribution in [-0.2, 0) is 5.75 Å². The fourth-order valence-corrected chi connectivity index (χ4v) is 2.34. The molecule has 1 atom stereocenters. The Morgan fingerprint density at radius 1 is 1.60 bits per heavy atom. The Hall–Kier alpha value is -0.160. The number of aliphatic hydroxyl groups excluding tert-OH is 1. The topological polar surface area (TPSA) is 45.4 Å². The third kappa shape index (κ3) is 4.93. The van der Waals surface area contributed by atoms with E-state index in [0.29, 0.717) is 5.22 Å². The van der Waals surface area contributed by atoms with Crippen molar-refractivity contribution >= 4 is 23.4 Å². The van der Waals surface area contributed by atoms with E-state index < -0.39 is 0 Å². The van der Waals surface area contributed by atoms with E-state index in [1.807, 2.05) is 13.0 Å². The lowest BCUT2D eigenvalue weighted by Crippen LogP contribution is -2.34. The summed E-state index contributed by atoms with van der Waals surface area (Å²) in [5.41, 5.74) is 0. The quantitative estimate of drug-likeness (QED) is 0.777. The van der Waals surface area contributed by atoms with Crippen molar-refractivity contribution in [2.75, 3.05) is 18.9 Å². The van der Waals surface area contributed by atoms with Crippen LogP contribution in [0.15, 0.2) is 16.5 Å². The van der Waals surface area contributed by atoms with Gasteiger partial charge in [0.1, 0.15) is 5.76 Å². The van der Waals surface area contributed by atoms with Crippen molar-refractivity contribution < 1.29 is 9.52 Å². The highest BCUT2D eigenvalue weighted by Crippen LogP contribution is 2.18. The predicted molar refractivity (Wildman–Crippen MR) is 64.4 cm³/mol. The van der Waals surface area contributed by atoms with Gasteiger partial charge >= 0.3 is 0 Å². The lowest BCUT2D eigenvalue weighted by molar-refractivity contribution is 0.255. The highest BCUT2D eigenvalue weighted by molar-refractivity contribution is 7.98. The molecule has 1 heterocycles. The Morgan fingerprint density at radius 3 is 2.93 bits per heavy atom. The SMILES string of the molecule is CCNC(CO)CSCc1ccc(Cl)o1. The minimum absolute atomic E-state index is 0.158. The van der Waals surface area contributed by atoms with Crippen LogP contribution in [-0.4, -0.2) is 30.1 Å². The maximum absolute atomic E-state index is 9.04. The molecule has 1 rings (SSSR count). The molecular formula is C10H16ClNO2S. The van der Waals surface area contributed by atoms with Crippen LogP contribution in [0.5, 0.6) is 0 Å². The van der Waals surface area contributed by atoms with E-state index in [-0.39, 0.29) is 12.6 Å². The molecule has 0 aromatic carbocycles. The van der Waals surface area contributed by atoms with E-state index in [9.17, 15) is 0 Å². The summed E-state index contributed by atoms with van der Waals surface area (Å²) in [7, 11) is 0. The maximum atomic E-state index is 9.04. The van der Waals surface area contributed by atoms with Gasteiger partial charge in [0, 0.05) is 11.8 Å². The highest BCUT2D eigenvalue weighted by atomic mass is 35.5. The normalized spacial score (nSPS) is 13.0. The first kappa shape index (κ1) is 12.9. The van der Waals surface area contributed by atoms with Gasteiger partial charge in [-0.2, -0.15) is 11.8 Å². The number of thioether (sulfide) groups is 1. The van der Waals surface area contributed by atoms with Crippen LogP contribution >= 0.6 is 23.4 Å². The summed E-state index contributed by atoms with van der Waals surface area (Å²) in [4.78, 5) is 0. The number of hydrogen-bond donors (Lipinski definition) is 2. The van der Waals surface area contributed by atoms with Crippen molar-refractivity contribution in [1.82, 2.24) is 5.32 Å². The maximum Gasteiger partial charge on any atom is 0.193 e. The van der Waals surface area contributed by atoms with Crippen molar-refractivity contribution in [2.24, 2.45) is 0 Å². The Morgan fingerprint density at radius 2 is 2.40 bits per heavy atom. The second-order valence-electron chi connectivity index (χ2n) is 3.16. The molecule has 0 radical (unpaired) electrons. The van der Waals surface area contributed by atoms with Crippen LogP contribution in [0.25, 0.3) is 0 Å². The minimum atomic E-state index is 0.158. The van der Waals surface area contributed by atoms with Gasteiger partial charge in [0.05, 0.1) is 12.4 Å². The minimum Gasteiger partial charge on any atom is -0.449 e. The summed E-state index contributed by atoms with van der Waals surface area (Å²) in [5, 5.41) is 12.7. The third-order valence-electron chi connectivity index (χ3n) is 1.91. The molecule has 5 heteroatoms. The van der Waals surface area contributed by atoms with E-state index in [0.717, 1.165) is 23.8 Å². The number of aliphatic hydroxyl groups is 1. The second kappa shape index (κ2) is 7.17. The van der Waals surface area contributed by atoms with Crippen molar-refractivity contribution in [1.29, 1.82) is 0 Å². The van der Waals surface area contributed by atoms with Crippen LogP contribution in [0, 0.1) is 0 Å². The number of nitrogens with one attached hydrogen (secondary N) is 1. The van der Waals surface area contributed by atoms with Gasteiger partial charge in [-0.1, -0.05) is 6.92 Å². The molecule has 86 valence electrons. The summed E-state index contributed by atoms with van der Waals surface area (Å²) < 4.78 is 5.22. The molecule has 2 N–H and O–H groups in total. The summed E-state index contributed by atoms with van der Waals surface area (Å²) in [6.45, 7) is 3.07. The lowest BCUT2D eigenvalue weighted by atomic mass is 10.3. The van der Waals surface area contributed by atoms with E-state index in [4.69, 9.17) is 21.1 Å². The Balaban J connectivity index is 2.20. The largest absolute Gasteiger partial charge is 0.449 e. The molecule has 15 heavy (non-hydrogen) atoms. The smallest absolute Gasteiger partial charge is 0.193 e. The number of likely N-dealkylation sites (N-methyl/N-ethyl adjacent to an activating group) is 1. The average molecular weight is 250 g/mol. The predicted octanol–water partition coefficient (Wildman–Crippen LogP) is 2.14. The molecule has 1 unspecified atom stereocenters. The van der Waals surface area contributed by atoms with Crippen LogP contribution < -0.4 is 5.32 Å². The van der Waals surface area contributed by atoms with Gasteiger partial charge in [-0.3, -0.25) is 0 Å². The zero-order valence-electron chi connectivity index (χ0n) is 8.70. The lowest BCUT2D eigenvalue weighted by Gasteiger charge is -2.13. The van der Waals surface area contributed by atoms with E-state index in [1.165, 1.54) is 0 Å². The Kier molecular flexibility index (Phi) is 6.17. The van der Waals surface area contributed by atoms with Gasteiger partial charge in [0.25, 0.3) is 0 Å². The van der Waals surface area contributed by atoms with Crippen LogP contribution in [0.2, 0.25) is 5.22 Å². The van der Waals surface area contributed by atoms with Gasteiger partial charge in [-0.25, -0.2) is 0 Å².